The maximum atomic E-state index is 11.1. The Morgan fingerprint density at radius 2 is 1.88 bits per heavy atom. The van der Waals surface area contributed by atoms with E-state index in [0.717, 1.165) is 0 Å². The molecule has 0 spiro atoms. The maximum Gasteiger partial charge on any atom is 0.336 e. The molecular formula is C12H14O4. The summed E-state index contributed by atoms with van der Waals surface area (Å²) in [6.07, 6.45) is -1.06. The SMILES string of the molecule is C=C(C(=O)OC)[C@@H](O)c1ccc(OC)cc1. The van der Waals surface area contributed by atoms with Crippen LogP contribution in [0, 0.1) is 0 Å². The van der Waals surface area contributed by atoms with E-state index in [-0.39, 0.29) is 5.57 Å². The molecule has 0 unspecified atom stereocenters. The molecule has 0 aliphatic heterocycles. The van der Waals surface area contributed by atoms with E-state index in [4.69, 9.17) is 4.74 Å². The molecule has 0 aliphatic rings. The molecule has 16 heavy (non-hydrogen) atoms. The summed E-state index contributed by atoms with van der Waals surface area (Å²) in [7, 11) is 2.80. The maximum absolute atomic E-state index is 11.1. The number of hydrogen-bond acceptors (Lipinski definition) is 4. The zero-order valence-corrected chi connectivity index (χ0v) is 9.27. The quantitative estimate of drug-likeness (QED) is 0.619. The van der Waals surface area contributed by atoms with E-state index in [0.29, 0.717) is 11.3 Å². The second-order valence-corrected chi connectivity index (χ2v) is 3.19. The lowest BCUT2D eigenvalue weighted by Crippen LogP contribution is -2.11. The topological polar surface area (TPSA) is 55.8 Å². The van der Waals surface area contributed by atoms with Crippen LogP contribution in [0.3, 0.4) is 0 Å². The lowest BCUT2D eigenvalue weighted by atomic mass is 10.0. The Hall–Kier alpha value is -1.81. The molecular weight excluding hydrogens is 208 g/mol. The van der Waals surface area contributed by atoms with Crippen molar-refractivity contribution < 1.29 is 19.4 Å². The first-order valence-electron chi connectivity index (χ1n) is 4.69. The number of ether oxygens (including phenoxy) is 2. The van der Waals surface area contributed by atoms with Crippen LogP contribution < -0.4 is 4.74 Å². The number of aliphatic hydroxyl groups excluding tert-OH is 1. The van der Waals surface area contributed by atoms with Gasteiger partial charge in [0.1, 0.15) is 11.9 Å². The molecule has 4 nitrogen and oxygen atoms in total. The number of hydrogen-bond donors (Lipinski definition) is 1. The van der Waals surface area contributed by atoms with Gasteiger partial charge in [-0.05, 0) is 17.7 Å². The summed E-state index contributed by atoms with van der Waals surface area (Å²) in [5.41, 5.74) is 0.573. The van der Waals surface area contributed by atoms with Gasteiger partial charge in [0, 0.05) is 0 Å². The second kappa shape index (κ2) is 5.32. The summed E-state index contributed by atoms with van der Waals surface area (Å²) in [5.74, 6) is 0.0583. The average Bonchev–Trinajstić information content (AvgIpc) is 2.36. The normalized spacial score (nSPS) is 11.7. The van der Waals surface area contributed by atoms with Gasteiger partial charge >= 0.3 is 5.97 Å². The van der Waals surface area contributed by atoms with Crippen molar-refractivity contribution >= 4 is 5.97 Å². The highest BCUT2D eigenvalue weighted by molar-refractivity contribution is 5.88. The number of aliphatic hydroxyl groups is 1. The van der Waals surface area contributed by atoms with E-state index < -0.39 is 12.1 Å². The number of esters is 1. The van der Waals surface area contributed by atoms with E-state index in [9.17, 15) is 9.90 Å². The summed E-state index contributed by atoms with van der Waals surface area (Å²) in [6, 6.07) is 6.72. The molecule has 1 aromatic rings. The summed E-state index contributed by atoms with van der Waals surface area (Å²) in [5, 5.41) is 9.81. The molecule has 1 aromatic carbocycles. The van der Waals surface area contributed by atoms with Crippen LogP contribution in [0.4, 0.5) is 0 Å². The van der Waals surface area contributed by atoms with Crippen molar-refractivity contribution in [1.29, 1.82) is 0 Å². The van der Waals surface area contributed by atoms with Crippen molar-refractivity contribution in [1.82, 2.24) is 0 Å². The van der Waals surface area contributed by atoms with Gasteiger partial charge in [0.2, 0.25) is 0 Å². The number of carbonyl (C=O) groups excluding carboxylic acids is 1. The Morgan fingerprint density at radius 3 is 2.31 bits per heavy atom. The van der Waals surface area contributed by atoms with Crippen LogP contribution in [0.25, 0.3) is 0 Å². The first-order chi connectivity index (χ1) is 7.60. The minimum absolute atomic E-state index is 0.00710. The standard InChI is InChI=1S/C12H14O4/c1-8(12(14)16-3)11(13)9-4-6-10(15-2)7-5-9/h4-7,11,13H,1H2,2-3H3/t11-/m1/s1. The van der Waals surface area contributed by atoms with Gasteiger partial charge in [-0.1, -0.05) is 18.7 Å². The van der Waals surface area contributed by atoms with Crippen LogP contribution in [-0.4, -0.2) is 25.3 Å². The van der Waals surface area contributed by atoms with E-state index in [1.54, 1.807) is 31.4 Å². The van der Waals surface area contributed by atoms with Gasteiger partial charge in [-0.25, -0.2) is 4.79 Å². The van der Waals surface area contributed by atoms with Gasteiger partial charge in [-0.15, -0.1) is 0 Å². The number of carbonyl (C=O) groups is 1. The molecule has 0 heterocycles. The molecule has 0 aromatic heterocycles. The zero-order valence-electron chi connectivity index (χ0n) is 9.27. The minimum atomic E-state index is -1.06. The molecule has 1 rings (SSSR count). The Morgan fingerprint density at radius 1 is 1.31 bits per heavy atom. The van der Waals surface area contributed by atoms with Crippen LogP contribution in [-0.2, 0) is 9.53 Å². The summed E-state index contributed by atoms with van der Waals surface area (Å²) in [4.78, 5) is 11.1. The first-order valence-corrected chi connectivity index (χ1v) is 4.69. The smallest absolute Gasteiger partial charge is 0.336 e. The van der Waals surface area contributed by atoms with Crippen molar-refractivity contribution in [3.05, 3.63) is 42.0 Å². The van der Waals surface area contributed by atoms with Crippen LogP contribution in [0.5, 0.6) is 5.75 Å². The van der Waals surface area contributed by atoms with Crippen molar-refractivity contribution in [2.75, 3.05) is 14.2 Å². The van der Waals surface area contributed by atoms with E-state index in [1.165, 1.54) is 7.11 Å². The molecule has 0 amide bonds. The number of benzene rings is 1. The summed E-state index contributed by atoms with van der Waals surface area (Å²) in [6.45, 7) is 3.49. The van der Waals surface area contributed by atoms with Gasteiger partial charge in [0.05, 0.1) is 19.8 Å². The second-order valence-electron chi connectivity index (χ2n) is 3.19. The fraction of sp³-hybridized carbons (Fsp3) is 0.250. The van der Waals surface area contributed by atoms with E-state index >= 15 is 0 Å². The van der Waals surface area contributed by atoms with Gasteiger partial charge in [0.15, 0.2) is 0 Å². The van der Waals surface area contributed by atoms with E-state index in [2.05, 4.69) is 11.3 Å². The van der Waals surface area contributed by atoms with Gasteiger partial charge < -0.3 is 14.6 Å². The third-order valence-electron chi connectivity index (χ3n) is 2.21. The van der Waals surface area contributed by atoms with Crippen LogP contribution in [0.2, 0.25) is 0 Å². The fourth-order valence-electron chi connectivity index (χ4n) is 1.23. The number of methoxy groups -OCH3 is 2. The van der Waals surface area contributed by atoms with Gasteiger partial charge in [-0.2, -0.15) is 0 Å². The van der Waals surface area contributed by atoms with Crippen molar-refractivity contribution in [2.24, 2.45) is 0 Å². The predicted molar refractivity (Wildman–Crippen MR) is 59.1 cm³/mol. The Labute approximate surface area is 94.1 Å². The molecule has 0 bridgehead atoms. The highest BCUT2D eigenvalue weighted by Crippen LogP contribution is 2.23. The Kier molecular flexibility index (Phi) is 4.08. The minimum Gasteiger partial charge on any atom is -0.497 e. The summed E-state index contributed by atoms with van der Waals surface area (Å²) < 4.78 is 9.46. The molecule has 1 N–H and O–H groups in total. The molecule has 4 heteroatoms. The molecule has 86 valence electrons. The highest BCUT2D eigenvalue weighted by atomic mass is 16.5. The van der Waals surface area contributed by atoms with Crippen LogP contribution >= 0.6 is 0 Å². The molecule has 0 aliphatic carbocycles. The lowest BCUT2D eigenvalue weighted by molar-refractivity contribution is -0.137. The van der Waals surface area contributed by atoms with Crippen molar-refractivity contribution in [3.63, 3.8) is 0 Å². The zero-order chi connectivity index (χ0) is 12.1. The highest BCUT2D eigenvalue weighted by Gasteiger charge is 2.18. The molecule has 0 fully saturated rings. The predicted octanol–water partition coefficient (Wildman–Crippen LogP) is 1.46. The third kappa shape index (κ3) is 2.61. The number of rotatable bonds is 4. The lowest BCUT2D eigenvalue weighted by Gasteiger charge is -2.12. The van der Waals surface area contributed by atoms with E-state index in [1.807, 2.05) is 0 Å². The van der Waals surface area contributed by atoms with Crippen molar-refractivity contribution in [2.45, 2.75) is 6.10 Å². The van der Waals surface area contributed by atoms with Crippen molar-refractivity contribution in [3.8, 4) is 5.75 Å². The van der Waals surface area contributed by atoms with Crippen LogP contribution in [0.15, 0.2) is 36.4 Å². The largest absolute Gasteiger partial charge is 0.497 e. The monoisotopic (exact) mass is 222 g/mol. The third-order valence-corrected chi connectivity index (χ3v) is 2.21. The Bertz CT molecular complexity index is 381. The van der Waals surface area contributed by atoms with Gasteiger partial charge in [-0.3, -0.25) is 0 Å². The summed E-state index contributed by atoms with van der Waals surface area (Å²) >= 11 is 0. The first kappa shape index (κ1) is 12.3. The fourth-order valence-corrected chi connectivity index (χ4v) is 1.23. The van der Waals surface area contributed by atoms with Crippen LogP contribution in [0.1, 0.15) is 11.7 Å². The molecule has 0 radical (unpaired) electrons. The van der Waals surface area contributed by atoms with Gasteiger partial charge in [0.25, 0.3) is 0 Å². The molecule has 0 saturated heterocycles. The average molecular weight is 222 g/mol. The molecule has 0 saturated carbocycles. The molecule has 1 atom stereocenters. The Balaban J connectivity index is 2.83.